The first-order valence-corrected chi connectivity index (χ1v) is 12.4. The van der Waals surface area contributed by atoms with Crippen molar-refractivity contribution in [2.24, 2.45) is 0 Å². The van der Waals surface area contributed by atoms with Gasteiger partial charge in [-0.15, -0.1) is 0 Å². The molecule has 0 saturated carbocycles. The van der Waals surface area contributed by atoms with Gasteiger partial charge in [0.1, 0.15) is 22.0 Å². The fraction of sp³-hybridized carbons (Fsp3) is 0.370. The van der Waals surface area contributed by atoms with E-state index in [1.165, 1.54) is 19.3 Å². The van der Waals surface area contributed by atoms with Gasteiger partial charge in [-0.05, 0) is 37.0 Å². The number of hydrogen-bond donors (Lipinski definition) is 3. The highest BCUT2D eigenvalue weighted by atomic mass is 35.5. The fourth-order valence-electron chi connectivity index (χ4n) is 4.53. The molecule has 10 heteroatoms. The number of rotatable bonds is 7. The number of carbonyl (C=O) groups is 2. The van der Waals surface area contributed by atoms with Gasteiger partial charge in [0, 0.05) is 20.1 Å². The molecule has 3 N–H and O–H groups in total. The summed E-state index contributed by atoms with van der Waals surface area (Å²) in [7, 11) is 1.51. The minimum atomic E-state index is -1.10. The molecule has 1 aliphatic heterocycles. The van der Waals surface area contributed by atoms with Crippen molar-refractivity contribution in [3.63, 3.8) is 0 Å². The maximum Gasteiger partial charge on any atom is 0.253 e. The molecule has 3 heterocycles. The highest BCUT2D eigenvalue weighted by Gasteiger charge is 2.52. The van der Waals surface area contributed by atoms with Crippen molar-refractivity contribution < 1.29 is 14.7 Å². The van der Waals surface area contributed by atoms with Crippen molar-refractivity contribution in [2.45, 2.75) is 44.6 Å². The van der Waals surface area contributed by atoms with E-state index in [0.29, 0.717) is 24.6 Å². The van der Waals surface area contributed by atoms with Gasteiger partial charge in [0.2, 0.25) is 5.91 Å². The standard InChI is InChI=1S/C27H31ClN6O3/c1-16(2)17-8-6-7-9-19(17)27(14-34(15-27)23-13-30-21(12-32-23)26(3,4)37)25(36)33-20-11-31-22(28)10-18(20)24(35)29-5/h6-13,16,37H,14-15H2,1-5H3,(H,29,35)(H,33,36). The number of halogens is 1. The van der Waals surface area contributed by atoms with Crippen molar-refractivity contribution in [3.05, 3.63) is 76.5 Å². The van der Waals surface area contributed by atoms with Crippen LogP contribution in [0.5, 0.6) is 0 Å². The van der Waals surface area contributed by atoms with Crippen LogP contribution in [0.1, 0.15) is 60.8 Å². The van der Waals surface area contributed by atoms with Gasteiger partial charge in [-0.3, -0.25) is 14.6 Å². The van der Waals surface area contributed by atoms with Gasteiger partial charge in [-0.2, -0.15) is 0 Å². The summed E-state index contributed by atoms with van der Waals surface area (Å²) < 4.78 is 0. The molecule has 9 nitrogen and oxygen atoms in total. The first kappa shape index (κ1) is 26.5. The van der Waals surface area contributed by atoms with E-state index in [4.69, 9.17) is 11.6 Å². The summed E-state index contributed by atoms with van der Waals surface area (Å²) in [6.45, 7) is 8.20. The molecule has 1 saturated heterocycles. The molecule has 4 rings (SSSR count). The molecule has 1 aliphatic rings. The SMILES string of the molecule is CNC(=O)c1cc(Cl)ncc1NC(=O)C1(c2ccccc2C(C)C)CN(c2cnc(C(C)(C)O)cn2)C1. The number of aliphatic hydroxyl groups is 1. The van der Waals surface area contributed by atoms with Crippen LogP contribution in [0.2, 0.25) is 5.15 Å². The number of benzene rings is 1. The van der Waals surface area contributed by atoms with Crippen LogP contribution < -0.4 is 15.5 Å². The molecule has 1 aromatic carbocycles. The topological polar surface area (TPSA) is 120 Å². The molecule has 1 fully saturated rings. The number of hydrogen-bond acceptors (Lipinski definition) is 7. The summed E-state index contributed by atoms with van der Waals surface area (Å²) in [6, 6.07) is 9.34. The predicted molar refractivity (Wildman–Crippen MR) is 143 cm³/mol. The van der Waals surface area contributed by atoms with E-state index < -0.39 is 11.0 Å². The van der Waals surface area contributed by atoms with Gasteiger partial charge in [0.05, 0.1) is 35.5 Å². The number of nitrogens with zero attached hydrogens (tertiary/aromatic N) is 4. The predicted octanol–water partition coefficient (Wildman–Crippen LogP) is 3.63. The Morgan fingerprint density at radius 1 is 1.11 bits per heavy atom. The molecular weight excluding hydrogens is 492 g/mol. The number of carbonyl (C=O) groups excluding carboxylic acids is 2. The second-order valence-electron chi connectivity index (χ2n) is 10.1. The third-order valence-corrected chi connectivity index (χ3v) is 6.84. The van der Waals surface area contributed by atoms with Crippen molar-refractivity contribution >= 4 is 34.9 Å². The van der Waals surface area contributed by atoms with E-state index in [9.17, 15) is 14.7 Å². The van der Waals surface area contributed by atoms with E-state index in [2.05, 4.69) is 39.4 Å². The molecule has 194 valence electrons. The first-order valence-electron chi connectivity index (χ1n) is 12.0. The van der Waals surface area contributed by atoms with E-state index >= 15 is 0 Å². The highest BCUT2D eigenvalue weighted by molar-refractivity contribution is 6.30. The number of aromatic nitrogens is 3. The molecule has 0 bridgehead atoms. The van der Waals surface area contributed by atoms with E-state index in [0.717, 1.165) is 11.1 Å². The maximum atomic E-state index is 14.0. The minimum absolute atomic E-state index is 0.152. The normalized spacial score (nSPS) is 14.8. The molecule has 0 radical (unpaired) electrons. The number of anilines is 2. The monoisotopic (exact) mass is 522 g/mol. The van der Waals surface area contributed by atoms with Gasteiger partial charge in [0.25, 0.3) is 5.91 Å². The lowest BCUT2D eigenvalue weighted by atomic mass is 9.69. The Morgan fingerprint density at radius 2 is 1.81 bits per heavy atom. The molecule has 2 aromatic heterocycles. The summed E-state index contributed by atoms with van der Waals surface area (Å²) in [5.74, 6) is 0.165. The second kappa shape index (κ2) is 10.1. The Morgan fingerprint density at radius 3 is 2.41 bits per heavy atom. The third kappa shape index (κ3) is 5.14. The van der Waals surface area contributed by atoms with Crippen LogP contribution in [0.15, 0.2) is 48.9 Å². The van der Waals surface area contributed by atoms with Gasteiger partial charge >= 0.3 is 0 Å². The summed E-state index contributed by atoms with van der Waals surface area (Å²) in [5.41, 5.74) is 0.954. The van der Waals surface area contributed by atoms with Crippen LogP contribution in [-0.4, -0.2) is 52.0 Å². The van der Waals surface area contributed by atoms with Crippen molar-refractivity contribution in [3.8, 4) is 0 Å². The highest BCUT2D eigenvalue weighted by Crippen LogP contribution is 2.41. The van der Waals surface area contributed by atoms with E-state index in [-0.39, 0.29) is 34.1 Å². The molecule has 0 spiro atoms. The Kier molecular flexibility index (Phi) is 7.21. The zero-order valence-corrected chi connectivity index (χ0v) is 22.3. The van der Waals surface area contributed by atoms with Crippen LogP contribution in [0.25, 0.3) is 0 Å². The Bertz CT molecular complexity index is 1310. The molecule has 3 aromatic rings. The first-order chi connectivity index (χ1) is 17.5. The van der Waals surface area contributed by atoms with Gasteiger partial charge in [-0.1, -0.05) is 49.7 Å². The van der Waals surface area contributed by atoms with Crippen LogP contribution in [0.4, 0.5) is 11.5 Å². The van der Waals surface area contributed by atoms with Gasteiger partial charge in [0.15, 0.2) is 0 Å². The summed E-state index contributed by atoms with van der Waals surface area (Å²) >= 11 is 6.02. The fourth-order valence-corrected chi connectivity index (χ4v) is 4.69. The Hall–Kier alpha value is -3.56. The van der Waals surface area contributed by atoms with Crippen molar-refractivity contribution in [2.75, 3.05) is 30.4 Å². The zero-order valence-electron chi connectivity index (χ0n) is 21.5. The number of nitrogens with one attached hydrogen (secondary N) is 2. The van der Waals surface area contributed by atoms with Crippen LogP contribution in [0, 0.1) is 0 Å². The Labute approximate surface area is 221 Å². The largest absolute Gasteiger partial charge is 0.384 e. The van der Waals surface area contributed by atoms with E-state index in [1.807, 2.05) is 29.2 Å². The van der Waals surface area contributed by atoms with Crippen molar-refractivity contribution in [1.29, 1.82) is 0 Å². The van der Waals surface area contributed by atoms with Gasteiger partial charge in [-0.25, -0.2) is 9.97 Å². The number of amides is 2. The molecule has 0 aliphatic carbocycles. The van der Waals surface area contributed by atoms with Gasteiger partial charge < -0.3 is 20.6 Å². The molecular formula is C27H31ClN6O3. The molecule has 2 amide bonds. The number of pyridine rings is 1. The third-order valence-electron chi connectivity index (χ3n) is 6.63. The lowest BCUT2D eigenvalue weighted by Gasteiger charge is -2.50. The lowest BCUT2D eigenvalue weighted by molar-refractivity contribution is -0.122. The average Bonchev–Trinajstić information content (AvgIpc) is 2.84. The Balaban J connectivity index is 1.70. The minimum Gasteiger partial charge on any atom is -0.384 e. The maximum absolute atomic E-state index is 14.0. The lowest BCUT2D eigenvalue weighted by Crippen LogP contribution is -2.66. The quantitative estimate of drug-likeness (QED) is 0.405. The van der Waals surface area contributed by atoms with E-state index in [1.54, 1.807) is 26.2 Å². The molecule has 37 heavy (non-hydrogen) atoms. The summed E-state index contributed by atoms with van der Waals surface area (Å²) in [5, 5.41) is 15.9. The zero-order chi connectivity index (χ0) is 27.0. The molecule has 0 unspecified atom stereocenters. The average molecular weight is 523 g/mol. The summed E-state index contributed by atoms with van der Waals surface area (Å²) in [4.78, 5) is 41.3. The smallest absolute Gasteiger partial charge is 0.253 e. The molecule has 0 atom stereocenters. The second-order valence-corrected chi connectivity index (χ2v) is 10.5. The summed E-state index contributed by atoms with van der Waals surface area (Å²) in [6.07, 6.45) is 4.55. The van der Waals surface area contributed by atoms with Crippen LogP contribution >= 0.6 is 11.6 Å². The van der Waals surface area contributed by atoms with Crippen LogP contribution in [0.3, 0.4) is 0 Å². The van der Waals surface area contributed by atoms with Crippen molar-refractivity contribution in [1.82, 2.24) is 20.3 Å². The van der Waals surface area contributed by atoms with Crippen LogP contribution in [-0.2, 0) is 15.8 Å².